The summed E-state index contributed by atoms with van der Waals surface area (Å²) >= 11 is 0. The summed E-state index contributed by atoms with van der Waals surface area (Å²) in [6, 6.07) is 14.0. The molecule has 0 fully saturated rings. The molecule has 0 atom stereocenters. The molecule has 2 heteroatoms. The monoisotopic (exact) mass is 480 g/mol. The maximum atomic E-state index is 6.99. The molecule has 0 N–H and O–H groups in total. The Labute approximate surface area is 217 Å². The minimum Gasteiger partial charge on any atom is -0.455 e. The van der Waals surface area contributed by atoms with E-state index in [0.717, 1.165) is 24.3 Å². The predicted octanol–water partition coefficient (Wildman–Crippen LogP) is 9.20. The summed E-state index contributed by atoms with van der Waals surface area (Å²) < 4.78 is 9.28. The van der Waals surface area contributed by atoms with Crippen molar-refractivity contribution in [1.82, 2.24) is 0 Å². The number of ether oxygens (including phenoxy) is 1. The van der Waals surface area contributed by atoms with Crippen molar-refractivity contribution in [2.45, 2.75) is 81.1 Å². The smallest absolute Gasteiger partial charge is 0.228 e. The van der Waals surface area contributed by atoms with Gasteiger partial charge in [0.15, 0.2) is 6.20 Å². The molecule has 2 nitrogen and oxygen atoms in total. The molecule has 1 aliphatic rings. The lowest BCUT2D eigenvalue weighted by Crippen LogP contribution is -2.32. The van der Waals surface area contributed by atoms with Crippen LogP contribution in [0.15, 0.2) is 42.6 Å². The van der Waals surface area contributed by atoms with Crippen molar-refractivity contribution < 1.29 is 9.30 Å². The lowest BCUT2D eigenvalue weighted by atomic mass is 9.81. The third-order valence-electron chi connectivity index (χ3n) is 7.47. The van der Waals surface area contributed by atoms with Crippen molar-refractivity contribution in [3.63, 3.8) is 0 Å². The van der Waals surface area contributed by atoms with Crippen LogP contribution in [0, 0.1) is 17.8 Å². The summed E-state index contributed by atoms with van der Waals surface area (Å²) in [4.78, 5) is 0. The maximum Gasteiger partial charge on any atom is 0.228 e. The highest BCUT2D eigenvalue weighted by Gasteiger charge is 2.34. The van der Waals surface area contributed by atoms with Crippen LogP contribution < -0.4 is 9.30 Å². The molecule has 1 aromatic heterocycles. The van der Waals surface area contributed by atoms with Crippen molar-refractivity contribution in [2.75, 3.05) is 0 Å². The van der Waals surface area contributed by atoms with Gasteiger partial charge in [0, 0.05) is 11.6 Å². The number of aromatic nitrogens is 1. The van der Waals surface area contributed by atoms with Crippen molar-refractivity contribution in [2.24, 2.45) is 17.9 Å². The summed E-state index contributed by atoms with van der Waals surface area (Å²) in [5.74, 6) is 2.54. The van der Waals surface area contributed by atoms with E-state index < -0.39 is 0 Å². The molecule has 2 heterocycles. The lowest BCUT2D eigenvalue weighted by Gasteiger charge is -2.29. The molecule has 0 saturated heterocycles. The second-order valence-corrected chi connectivity index (χ2v) is 13.7. The summed E-state index contributed by atoms with van der Waals surface area (Å²) in [5.41, 5.74) is 8.25. The molecule has 0 bridgehead atoms. The predicted molar refractivity (Wildman–Crippen MR) is 153 cm³/mol. The number of rotatable bonds is 3. The Morgan fingerprint density at radius 2 is 1.56 bits per heavy atom. The second-order valence-electron chi connectivity index (χ2n) is 13.7. The topological polar surface area (TPSA) is 13.1 Å². The average molecular weight is 481 g/mol. The van der Waals surface area contributed by atoms with Gasteiger partial charge in [-0.15, -0.1) is 0 Å². The van der Waals surface area contributed by atoms with Crippen LogP contribution in [0.3, 0.4) is 0 Å². The van der Waals surface area contributed by atoms with Crippen LogP contribution in [0.1, 0.15) is 83.6 Å². The van der Waals surface area contributed by atoms with E-state index in [1.54, 1.807) is 0 Å². The van der Waals surface area contributed by atoms with Gasteiger partial charge in [-0.1, -0.05) is 79.7 Å². The minimum absolute atomic E-state index is 0.137. The van der Waals surface area contributed by atoms with E-state index in [0.29, 0.717) is 5.92 Å². The highest BCUT2D eigenvalue weighted by Crippen LogP contribution is 2.52. The first kappa shape index (κ1) is 24.8. The van der Waals surface area contributed by atoms with Gasteiger partial charge in [-0.2, -0.15) is 0 Å². The van der Waals surface area contributed by atoms with Gasteiger partial charge in [0.2, 0.25) is 5.69 Å². The maximum absolute atomic E-state index is 6.99. The van der Waals surface area contributed by atoms with E-state index in [2.05, 4.69) is 117 Å². The molecule has 0 aliphatic carbocycles. The quantitative estimate of drug-likeness (QED) is 0.235. The third kappa shape index (κ3) is 4.29. The molecule has 0 saturated carbocycles. The van der Waals surface area contributed by atoms with Gasteiger partial charge in [-0.25, -0.2) is 4.57 Å². The van der Waals surface area contributed by atoms with Crippen LogP contribution >= 0.6 is 0 Å². The summed E-state index contributed by atoms with van der Waals surface area (Å²) in [7, 11) is 2.17. The number of benzene rings is 3. The van der Waals surface area contributed by atoms with Gasteiger partial charge in [-0.3, -0.25) is 0 Å². The number of hydrogen-bond acceptors (Lipinski definition) is 1. The fourth-order valence-electron chi connectivity index (χ4n) is 5.91. The largest absolute Gasteiger partial charge is 0.455 e. The fourth-order valence-corrected chi connectivity index (χ4v) is 5.91. The molecule has 0 amide bonds. The Morgan fingerprint density at radius 1 is 0.861 bits per heavy atom. The molecule has 1 aliphatic heterocycles. The average Bonchev–Trinajstić information content (AvgIpc) is 2.76. The number of pyridine rings is 1. The number of fused-ring (bicyclic) bond motifs is 3. The summed E-state index contributed by atoms with van der Waals surface area (Å²) in [6.45, 7) is 20.7. The molecule has 0 unspecified atom stereocenters. The molecule has 5 rings (SSSR count). The molecular formula is C34H42NO+. The zero-order valence-corrected chi connectivity index (χ0v) is 23.9. The Balaban J connectivity index is 1.89. The molecular weight excluding hydrogens is 438 g/mol. The molecule has 0 spiro atoms. The number of hydrogen-bond donors (Lipinski definition) is 0. The van der Waals surface area contributed by atoms with Gasteiger partial charge in [0.05, 0.1) is 10.9 Å². The van der Waals surface area contributed by atoms with Gasteiger partial charge < -0.3 is 4.74 Å². The zero-order valence-electron chi connectivity index (χ0n) is 23.9. The highest BCUT2D eigenvalue weighted by atomic mass is 16.5. The van der Waals surface area contributed by atoms with Crippen LogP contribution in [0.2, 0.25) is 0 Å². The van der Waals surface area contributed by atoms with Gasteiger partial charge in [0.1, 0.15) is 18.5 Å². The Morgan fingerprint density at radius 3 is 2.19 bits per heavy atom. The Kier molecular flexibility index (Phi) is 5.74. The first-order valence-corrected chi connectivity index (χ1v) is 13.5. The first-order valence-electron chi connectivity index (χ1n) is 13.5. The van der Waals surface area contributed by atoms with E-state index in [4.69, 9.17) is 4.74 Å². The molecule has 3 aromatic carbocycles. The summed E-state index contributed by atoms with van der Waals surface area (Å²) in [5, 5.41) is 5.18. The van der Waals surface area contributed by atoms with Gasteiger partial charge in [0.25, 0.3) is 0 Å². The third-order valence-corrected chi connectivity index (χ3v) is 7.47. The van der Waals surface area contributed by atoms with E-state index in [9.17, 15) is 0 Å². The van der Waals surface area contributed by atoms with Crippen LogP contribution in [0.5, 0.6) is 11.5 Å². The minimum atomic E-state index is 0.137. The van der Waals surface area contributed by atoms with E-state index in [-0.39, 0.29) is 10.8 Å². The van der Waals surface area contributed by atoms with Crippen molar-refractivity contribution in [3.8, 4) is 22.8 Å². The normalized spacial score (nSPS) is 13.4. The highest BCUT2D eigenvalue weighted by molar-refractivity contribution is 6.06. The van der Waals surface area contributed by atoms with Crippen LogP contribution in [-0.2, 0) is 19.9 Å². The molecule has 0 radical (unpaired) electrons. The van der Waals surface area contributed by atoms with Gasteiger partial charge >= 0.3 is 0 Å². The van der Waals surface area contributed by atoms with Crippen LogP contribution in [0.4, 0.5) is 0 Å². The van der Waals surface area contributed by atoms with Crippen molar-refractivity contribution in [1.29, 1.82) is 0 Å². The fraction of sp³-hybridized carbons (Fsp3) is 0.441. The Bertz CT molecular complexity index is 1510. The van der Waals surface area contributed by atoms with E-state index >= 15 is 0 Å². The zero-order chi connectivity index (χ0) is 26.2. The van der Waals surface area contributed by atoms with Crippen LogP contribution in [0.25, 0.3) is 32.8 Å². The second kappa shape index (κ2) is 8.33. The molecule has 36 heavy (non-hydrogen) atoms. The SMILES string of the molecule is Cc1c2c(c(CC(C)(C)C)c3ccc(C(C)C)cc13)Oc1cc(CC(C)(C)C)cc3cc[n+](C)c-2c13. The molecule has 188 valence electrons. The standard InChI is InChI=1S/C34H42NO/c1-20(2)23-11-12-25-26(17-23)21(3)29-31-30-24(13-14-35(31)10)15-22(18-33(4,5)6)16-28(30)36-32(29)27(25)19-34(7,8)9/h11-17,20H,18-19H2,1-10H3/q+1. The summed E-state index contributed by atoms with van der Waals surface area (Å²) in [6.07, 6.45) is 4.20. The van der Waals surface area contributed by atoms with E-state index in [1.807, 2.05) is 0 Å². The lowest BCUT2D eigenvalue weighted by molar-refractivity contribution is -0.659. The molecule has 4 aromatic rings. The Hall–Kier alpha value is -2.87. The van der Waals surface area contributed by atoms with Crippen molar-refractivity contribution in [3.05, 3.63) is 64.8 Å². The first-order chi connectivity index (χ1) is 16.7. The van der Waals surface area contributed by atoms with E-state index in [1.165, 1.54) is 55.1 Å². The number of aryl methyl sites for hydroxylation is 2. The number of nitrogens with zero attached hydrogens (tertiary/aromatic N) is 1. The van der Waals surface area contributed by atoms with Crippen molar-refractivity contribution >= 4 is 21.5 Å². The van der Waals surface area contributed by atoms with Crippen LogP contribution in [-0.4, -0.2) is 0 Å². The van der Waals surface area contributed by atoms with Gasteiger partial charge in [-0.05, 0) is 75.4 Å².